The summed E-state index contributed by atoms with van der Waals surface area (Å²) in [6.07, 6.45) is 10.8. The average molecular weight is 247 g/mol. The maximum atomic E-state index is 6.00. The van der Waals surface area contributed by atoms with Gasteiger partial charge < -0.3 is 4.74 Å². The first kappa shape index (κ1) is 9.97. The Bertz CT molecular complexity index is 154. The molecule has 0 N–H and O–H groups in total. The second-order valence-corrected chi connectivity index (χ2v) is 5.07. The lowest BCUT2D eigenvalue weighted by molar-refractivity contribution is 0.0108. The lowest BCUT2D eigenvalue weighted by Gasteiger charge is -2.27. The van der Waals surface area contributed by atoms with Gasteiger partial charge in [-0.05, 0) is 31.6 Å². The second-order valence-electron chi connectivity index (χ2n) is 4.43. The molecule has 0 bridgehead atoms. The molecule has 2 aliphatic rings. The molecule has 1 aliphatic heterocycles. The highest BCUT2D eigenvalue weighted by Gasteiger charge is 2.31. The molecule has 1 saturated carbocycles. The quantitative estimate of drug-likeness (QED) is 0.678. The van der Waals surface area contributed by atoms with E-state index in [2.05, 4.69) is 15.9 Å². The highest BCUT2D eigenvalue weighted by Crippen LogP contribution is 2.34. The molecule has 0 unspecified atom stereocenters. The van der Waals surface area contributed by atoms with Crippen LogP contribution in [-0.4, -0.2) is 17.5 Å². The molecule has 1 aliphatic carbocycles. The van der Waals surface area contributed by atoms with Crippen LogP contribution in [0.5, 0.6) is 0 Å². The number of hydrogen-bond acceptors (Lipinski definition) is 1. The molecule has 0 spiro atoms. The summed E-state index contributed by atoms with van der Waals surface area (Å²) in [6.45, 7) is 0. The van der Waals surface area contributed by atoms with Crippen LogP contribution < -0.4 is 0 Å². The van der Waals surface area contributed by atoms with E-state index in [-0.39, 0.29) is 0 Å². The Kier molecular flexibility index (Phi) is 3.67. The zero-order valence-corrected chi connectivity index (χ0v) is 9.76. The number of alkyl halides is 1. The van der Waals surface area contributed by atoms with Crippen LogP contribution in [0.2, 0.25) is 0 Å². The minimum atomic E-state index is 0.506. The third kappa shape index (κ3) is 2.47. The van der Waals surface area contributed by atoms with Crippen molar-refractivity contribution in [1.82, 2.24) is 0 Å². The molecule has 0 aromatic rings. The lowest BCUT2D eigenvalue weighted by atomic mass is 9.84. The van der Waals surface area contributed by atoms with Gasteiger partial charge in [0.05, 0.1) is 12.2 Å². The minimum Gasteiger partial charge on any atom is -0.374 e. The van der Waals surface area contributed by atoms with Gasteiger partial charge in [0.2, 0.25) is 0 Å². The fraction of sp³-hybridized carbons (Fsp3) is 1.00. The van der Waals surface area contributed by atoms with Crippen LogP contribution >= 0.6 is 15.9 Å². The third-order valence-electron chi connectivity index (χ3n) is 3.49. The van der Waals surface area contributed by atoms with Crippen molar-refractivity contribution < 1.29 is 4.74 Å². The zero-order valence-electron chi connectivity index (χ0n) is 8.18. The summed E-state index contributed by atoms with van der Waals surface area (Å²) in [6, 6.07) is 0. The fourth-order valence-corrected chi connectivity index (χ4v) is 3.18. The van der Waals surface area contributed by atoms with Crippen molar-refractivity contribution in [1.29, 1.82) is 0 Å². The van der Waals surface area contributed by atoms with Crippen molar-refractivity contribution in [3.05, 3.63) is 0 Å². The first-order chi connectivity index (χ1) is 6.40. The fourth-order valence-electron chi connectivity index (χ4n) is 2.70. The maximum absolute atomic E-state index is 6.00. The molecular weight excluding hydrogens is 228 g/mol. The van der Waals surface area contributed by atoms with Gasteiger partial charge in [-0.2, -0.15) is 0 Å². The summed E-state index contributed by atoms with van der Waals surface area (Å²) in [5.41, 5.74) is 0. The van der Waals surface area contributed by atoms with Crippen LogP contribution in [0.25, 0.3) is 0 Å². The van der Waals surface area contributed by atoms with Crippen LogP contribution in [0.3, 0.4) is 0 Å². The Balaban J connectivity index is 1.80. The molecule has 2 heteroatoms. The van der Waals surface area contributed by atoms with Crippen LogP contribution in [0.1, 0.15) is 44.9 Å². The van der Waals surface area contributed by atoms with E-state index < -0.39 is 0 Å². The summed E-state index contributed by atoms with van der Waals surface area (Å²) in [5.74, 6) is 0.887. The second kappa shape index (κ2) is 4.79. The van der Waals surface area contributed by atoms with Crippen molar-refractivity contribution in [2.24, 2.45) is 5.92 Å². The SMILES string of the molecule is BrC[C@H]1CC[C@H](C2CCCCC2)O1. The van der Waals surface area contributed by atoms with E-state index in [0.717, 1.165) is 11.2 Å². The molecule has 76 valence electrons. The van der Waals surface area contributed by atoms with Crippen LogP contribution in [0, 0.1) is 5.92 Å². The van der Waals surface area contributed by atoms with Gasteiger partial charge in [-0.1, -0.05) is 35.2 Å². The molecule has 2 fully saturated rings. The summed E-state index contributed by atoms with van der Waals surface area (Å²) >= 11 is 3.50. The van der Waals surface area contributed by atoms with E-state index in [1.807, 2.05) is 0 Å². The predicted octanol–water partition coefficient (Wildman–Crippen LogP) is 3.51. The molecular formula is C11H19BrO. The lowest BCUT2D eigenvalue weighted by Crippen LogP contribution is -2.23. The van der Waals surface area contributed by atoms with Crippen molar-refractivity contribution in [3.8, 4) is 0 Å². The summed E-state index contributed by atoms with van der Waals surface area (Å²) in [5, 5.41) is 1.02. The van der Waals surface area contributed by atoms with Crippen molar-refractivity contribution in [2.75, 3.05) is 5.33 Å². The first-order valence-corrected chi connectivity index (χ1v) is 6.73. The van der Waals surface area contributed by atoms with Crippen LogP contribution in [-0.2, 0) is 4.74 Å². The van der Waals surface area contributed by atoms with Gasteiger partial charge in [-0.25, -0.2) is 0 Å². The van der Waals surface area contributed by atoms with Gasteiger partial charge in [-0.15, -0.1) is 0 Å². The Labute approximate surface area is 89.4 Å². The number of rotatable bonds is 2. The molecule has 13 heavy (non-hydrogen) atoms. The monoisotopic (exact) mass is 246 g/mol. The number of halogens is 1. The van der Waals surface area contributed by atoms with Gasteiger partial charge in [0.15, 0.2) is 0 Å². The molecule has 1 saturated heterocycles. The molecule has 0 aromatic carbocycles. The Morgan fingerprint density at radius 2 is 1.77 bits per heavy atom. The smallest absolute Gasteiger partial charge is 0.0676 e. The largest absolute Gasteiger partial charge is 0.374 e. The molecule has 0 aromatic heterocycles. The van der Waals surface area contributed by atoms with Gasteiger partial charge in [0, 0.05) is 5.33 Å². The van der Waals surface area contributed by atoms with E-state index >= 15 is 0 Å². The van der Waals surface area contributed by atoms with Gasteiger partial charge in [-0.3, -0.25) is 0 Å². The number of hydrogen-bond donors (Lipinski definition) is 0. The Hall–Kier alpha value is 0.440. The molecule has 1 heterocycles. The summed E-state index contributed by atoms with van der Waals surface area (Å²) in [4.78, 5) is 0. The molecule has 0 radical (unpaired) electrons. The first-order valence-electron chi connectivity index (χ1n) is 5.61. The van der Waals surface area contributed by atoms with Crippen LogP contribution in [0.15, 0.2) is 0 Å². The highest BCUT2D eigenvalue weighted by atomic mass is 79.9. The Morgan fingerprint density at radius 1 is 1.00 bits per heavy atom. The van der Waals surface area contributed by atoms with E-state index in [9.17, 15) is 0 Å². The standard InChI is InChI=1S/C11H19BrO/c12-8-10-6-7-11(13-10)9-4-2-1-3-5-9/h9-11H,1-8H2/t10-,11-/m1/s1. The van der Waals surface area contributed by atoms with Crippen molar-refractivity contribution >= 4 is 15.9 Å². The molecule has 1 nitrogen and oxygen atoms in total. The maximum Gasteiger partial charge on any atom is 0.0676 e. The topological polar surface area (TPSA) is 9.23 Å². The van der Waals surface area contributed by atoms with E-state index in [0.29, 0.717) is 12.2 Å². The minimum absolute atomic E-state index is 0.506. The summed E-state index contributed by atoms with van der Waals surface area (Å²) < 4.78 is 6.00. The van der Waals surface area contributed by atoms with Crippen molar-refractivity contribution in [2.45, 2.75) is 57.2 Å². The van der Waals surface area contributed by atoms with E-state index in [1.54, 1.807) is 0 Å². The molecule has 2 atom stereocenters. The third-order valence-corrected chi connectivity index (χ3v) is 4.21. The van der Waals surface area contributed by atoms with Gasteiger partial charge in [0.25, 0.3) is 0 Å². The van der Waals surface area contributed by atoms with E-state index in [4.69, 9.17) is 4.74 Å². The van der Waals surface area contributed by atoms with Crippen LogP contribution in [0.4, 0.5) is 0 Å². The molecule has 2 rings (SSSR count). The van der Waals surface area contributed by atoms with Gasteiger partial charge >= 0.3 is 0 Å². The summed E-state index contributed by atoms with van der Waals surface area (Å²) in [7, 11) is 0. The normalized spacial score (nSPS) is 36.7. The number of ether oxygens (including phenoxy) is 1. The zero-order chi connectivity index (χ0) is 9.10. The van der Waals surface area contributed by atoms with Gasteiger partial charge in [0.1, 0.15) is 0 Å². The molecule has 0 amide bonds. The average Bonchev–Trinajstić information content (AvgIpc) is 2.67. The highest BCUT2D eigenvalue weighted by molar-refractivity contribution is 9.09. The van der Waals surface area contributed by atoms with Crippen molar-refractivity contribution in [3.63, 3.8) is 0 Å². The predicted molar refractivity (Wildman–Crippen MR) is 58.3 cm³/mol. The Morgan fingerprint density at radius 3 is 2.38 bits per heavy atom. The van der Waals surface area contributed by atoms with E-state index in [1.165, 1.54) is 44.9 Å².